The molecule has 4 aromatic rings. The van der Waals surface area contributed by atoms with Gasteiger partial charge in [0, 0.05) is 73.3 Å². The largest absolute Gasteiger partial charge is 0.351 e. The highest BCUT2D eigenvalue weighted by molar-refractivity contribution is 6.31. The number of hydrogen-bond acceptors (Lipinski definition) is 5. The van der Waals surface area contributed by atoms with Gasteiger partial charge in [-0.25, -0.2) is 4.98 Å². The predicted molar refractivity (Wildman–Crippen MR) is 151 cm³/mol. The molecule has 2 saturated heterocycles. The molecule has 0 atom stereocenters. The van der Waals surface area contributed by atoms with E-state index in [0.29, 0.717) is 21.6 Å². The summed E-state index contributed by atoms with van der Waals surface area (Å²) >= 11 is 11.9. The van der Waals surface area contributed by atoms with Gasteiger partial charge in [0.25, 0.3) is 11.8 Å². The molecular formula is C27H31Cl2N7O2. The summed E-state index contributed by atoms with van der Waals surface area (Å²) in [5, 5.41) is 2.28. The molecule has 0 bridgehead atoms. The SMILES string of the molecule is CN1CCN(C(=O)c2cc3cc(Cl)ccc3[nH]2)CC1.CN1CCN(C(=O)c2nc3cc(Cl)ccc3[nH]2)CC1. The Bertz CT molecular complexity index is 1340. The topological polar surface area (TPSA) is 91.6 Å². The van der Waals surface area contributed by atoms with Gasteiger partial charge in [0.05, 0.1) is 11.0 Å². The molecule has 9 nitrogen and oxygen atoms in total. The lowest BCUT2D eigenvalue weighted by Gasteiger charge is -2.32. The van der Waals surface area contributed by atoms with Crippen molar-refractivity contribution in [3.8, 4) is 0 Å². The Kier molecular flexibility index (Phi) is 7.90. The predicted octanol–water partition coefficient (Wildman–Crippen LogP) is 3.81. The van der Waals surface area contributed by atoms with E-state index in [2.05, 4.69) is 38.8 Å². The van der Waals surface area contributed by atoms with Crippen molar-refractivity contribution in [3.63, 3.8) is 0 Å². The maximum Gasteiger partial charge on any atom is 0.289 e. The fourth-order valence-electron chi connectivity index (χ4n) is 4.64. The molecule has 6 rings (SSSR count). The molecule has 2 aliphatic heterocycles. The number of amides is 2. The minimum absolute atomic E-state index is 0.0413. The standard InChI is InChI=1S/C14H16ClN3O.C13H15ClN4O/c1-17-4-6-18(7-5-17)14(19)13-9-10-8-11(15)2-3-12(10)16-13;1-17-4-6-18(7-5-17)13(19)12-15-10-3-2-9(14)8-11(10)16-12/h2-3,8-9,16H,4-7H2,1H3;2-3,8H,4-7H2,1H3,(H,15,16). The van der Waals surface area contributed by atoms with Gasteiger partial charge in [-0.3, -0.25) is 9.59 Å². The monoisotopic (exact) mass is 555 g/mol. The number of aromatic nitrogens is 3. The molecule has 38 heavy (non-hydrogen) atoms. The average Bonchev–Trinajstić information content (AvgIpc) is 3.53. The number of nitrogens with zero attached hydrogens (tertiary/aromatic N) is 5. The molecule has 11 heteroatoms. The number of nitrogens with one attached hydrogen (secondary N) is 2. The zero-order chi connectivity index (χ0) is 26.8. The lowest BCUT2D eigenvalue weighted by atomic mass is 10.2. The number of carbonyl (C=O) groups excluding carboxylic acids is 2. The van der Waals surface area contributed by atoms with E-state index in [1.54, 1.807) is 12.1 Å². The Morgan fingerprint density at radius 2 is 1.26 bits per heavy atom. The van der Waals surface area contributed by atoms with Crippen molar-refractivity contribution in [3.05, 3.63) is 64.0 Å². The van der Waals surface area contributed by atoms with Crippen molar-refractivity contribution in [1.29, 1.82) is 0 Å². The number of benzene rings is 2. The Balaban J connectivity index is 0.000000155. The molecule has 2 amide bonds. The van der Waals surface area contributed by atoms with E-state index in [4.69, 9.17) is 23.2 Å². The number of piperazine rings is 2. The highest BCUT2D eigenvalue weighted by Gasteiger charge is 2.23. The molecule has 0 saturated carbocycles. The molecule has 2 fully saturated rings. The van der Waals surface area contributed by atoms with Crippen LogP contribution in [-0.2, 0) is 0 Å². The molecule has 2 aliphatic rings. The molecule has 2 aromatic carbocycles. The summed E-state index contributed by atoms with van der Waals surface area (Å²) in [6.45, 7) is 6.71. The van der Waals surface area contributed by atoms with E-state index < -0.39 is 0 Å². The normalized spacial score (nSPS) is 17.1. The average molecular weight is 556 g/mol. The van der Waals surface area contributed by atoms with Gasteiger partial charge in [-0.1, -0.05) is 23.2 Å². The number of hydrogen-bond donors (Lipinski definition) is 2. The van der Waals surface area contributed by atoms with Crippen molar-refractivity contribution < 1.29 is 9.59 Å². The second-order valence-electron chi connectivity index (χ2n) is 9.85. The van der Waals surface area contributed by atoms with Crippen molar-refractivity contribution in [1.82, 2.24) is 34.6 Å². The number of H-pyrrole nitrogens is 2. The van der Waals surface area contributed by atoms with Gasteiger partial charge in [-0.15, -0.1) is 0 Å². The van der Waals surface area contributed by atoms with Gasteiger partial charge in [0.15, 0.2) is 5.82 Å². The van der Waals surface area contributed by atoms with Crippen molar-refractivity contribution >= 4 is 57.0 Å². The van der Waals surface area contributed by atoms with Crippen LogP contribution in [0.2, 0.25) is 10.0 Å². The van der Waals surface area contributed by atoms with Crippen molar-refractivity contribution in [2.75, 3.05) is 66.5 Å². The number of halogens is 2. The maximum atomic E-state index is 12.4. The van der Waals surface area contributed by atoms with Gasteiger partial charge in [-0.05, 0) is 56.6 Å². The van der Waals surface area contributed by atoms with E-state index in [9.17, 15) is 9.59 Å². The lowest BCUT2D eigenvalue weighted by Crippen LogP contribution is -2.47. The summed E-state index contributed by atoms with van der Waals surface area (Å²) in [5.74, 6) is 0.419. The molecule has 200 valence electrons. The highest BCUT2D eigenvalue weighted by Crippen LogP contribution is 2.21. The third-order valence-electron chi connectivity index (χ3n) is 7.04. The summed E-state index contributed by atoms with van der Waals surface area (Å²) in [4.78, 5) is 43.5. The van der Waals surface area contributed by atoms with E-state index in [1.807, 2.05) is 40.1 Å². The second kappa shape index (κ2) is 11.3. The third kappa shape index (κ3) is 5.96. The number of aromatic amines is 2. The first-order valence-electron chi connectivity index (χ1n) is 12.7. The first-order valence-corrected chi connectivity index (χ1v) is 13.4. The van der Waals surface area contributed by atoms with Crippen LogP contribution in [-0.4, -0.2) is 113 Å². The molecule has 0 unspecified atom stereocenters. The second-order valence-corrected chi connectivity index (χ2v) is 10.7. The first kappa shape index (κ1) is 26.5. The number of carbonyl (C=O) groups is 2. The fraction of sp³-hybridized carbons (Fsp3) is 0.370. The van der Waals surface area contributed by atoms with Crippen LogP contribution in [0.25, 0.3) is 21.9 Å². The molecule has 0 spiro atoms. The molecule has 4 heterocycles. The zero-order valence-corrected chi connectivity index (χ0v) is 23.0. The van der Waals surface area contributed by atoms with Crippen LogP contribution in [0, 0.1) is 0 Å². The number of rotatable bonds is 2. The van der Waals surface area contributed by atoms with E-state index in [0.717, 1.165) is 74.3 Å². The minimum atomic E-state index is -0.0413. The zero-order valence-electron chi connectivity index (χ0n) is 21.5. The number of imidazole rings is 1. The molecule has 0 radical (unpaired) electrons. The number of fused-ring (bicyclic) bond motifs is 2. The van der Waals surface area contributed by atoms with Gasteiger partial charge in [0.2, 0.25) is 0 Å². The quantitative estimate of drug-likeness (QED) is 0.392. The van der Waals surface area contributed by atoms with Crippen LogP contribution in [0.5, 0.6) is 0 Å². The van der Waals surface area contributed by atoms with E-state index in [1.165, 1.54) is 0 Å². The summed E-state index contributed by atoms with van der Waals surface area (Å²) in [7, 11) is 4.14. The van der Waals surface area contributed by atoms with Crippen LogP contribution >= 0.6 is 23.2 Å². The molecule has 2 N–H and O–H groups in total. The molecule has 2 aromatic heterocycles. The van der Waals surface area contributed by atoms with Gasteiger partial charge < -0.3 is 29.6 Å². The summed E-state index contributed by atoms with van der Waals surface area (Å²) in [6, 6.07) is 12.9. The Labute approximate surface area is 231 Å². The first-order chi connectivity index (χ1) is 18.3. The van der Waals surface area contributed by atoms with Crippen LogP contribution in [0.15, 0.2) is 42.5 Å². The van der Waals surface area contributed by atoms with Crippen molar-refractivity contribution in [2.45, 2.75) is 0 Å². The summed E-state index contributed by atoms with van der Waals surface area (Å²) < 4.78 is 0. The fourth-order valence-corrected chi connectivity index (χ4v) is 4.99. The summed E-state index contributed by atoms with van der Waals surface area (Å²) in [5.41, 5.74) is 3.15. The highest BCUT2D eigenvalue weighted by atomic mass is 35.5. The number of likely N-dealkylation sites (N-methyl/N-ethyl adjacent to an activating group) is 2. The van der Waals surface area contributed by atoms with E-state index >= 15 is 0 Å². The van der Waals surface area contributed by atoms with Crippen LogP contribution in [0.1, 0.15) is 21.1 Å². The smallest absolute Gasteiger partial charge is 0.289 e. The lowest BCUT2D eigenvalue weighted by molar-refractivity contribution is 0.0649. The van der Waals surface area contributed by atoms with Crippen LogP contribution < -0.4 is 0 Å². The Morgan fingerprint density at radius 3 is 1.89 bits per heavy atom. The van der Waals surface area contributed by atoms with Crippen molar-refractivity contribution in [2.24, 2.45) is 0 Å². The summed E-state index contributed by atoms with van der Waals surface area (Å²) in [6.07, 6.45) is 0. The molecular weight excluding hydrogens is 525 g/mol. The Morgan fingerprint density at radius 1 is 0.711 bits per heavy atom. The van der Waals surface area contributed by atoms with Gasteiger partial charge >= 0.3 is 0 Å². The van der Waals surface area contributed by atoms with Gasteiger partial charge in [-0.2, -0.15) is 0 Å². The van der Waals surface area contributed by atoms with Gasteiger partial charge in [0.1, 0.15) is 5.69 Å². The third-order valence-corrected chi connectivity index (χ3v) is 7.51. The van der Waals surface area contributed by atoms with E-state index in [-0.39, 0.29) is 11.8 Å². The van der Waals surface area contributed by atoms with Crippen LogP contribution in [0.4, 0.5) is 0 Å². The molecule has 0 aliphatic carbocycles. The van der Waals surface area contributed by atoms with Crippen LogP contribution in [0.3, 0.4) is 0 Å². The Hall–Kier alpha value is -3.11. The maximum absolute atomic E-state index is 12.4. The minimum Gasteiger partial charge on any atom is -0.351 e.